The van der Waals surface area contributed by atoms with Crippen molar-refractivity contribution >= 4 is 29.2 Å². The minimum atomic E-state index is -0.736. The van der Waals surface area contributed by atoms with Crippen LogP contribution in [0.3, 0.4) is 0 Å². The number of aldehydes is 1. The van der Waals surface area contributed by atoms with Crippen LogP contribution < -0.4 is 0 Å². The number of hydrogen-bond acceptors (Lipinski definition) is 3. The van der Waals surface area contributed by atoms with Gasteiger partial charge in [-0.25, -0.2) is 0 Å². The van der Waals surface area contributed by atoms with E-state index in [0.29, 0.717) is 16.2 Å². The molecule has 1 atom stereocenters. The average molecular weight is 191 g/mol. The van der Waals surface area contributed by atoms with Gasteiger partial charge in [0.2, 0.25) is 0 Å². The van der Waals surface area contributed by atoms with Gasteiger partial charge in [-0.1, -0.05) is 11.6 Å². The minimum Gasteiger partial charge on any atom is -0.387 e. The molecule has 0 saturated heterocycles. The number of carbonyl (C=O) groups excluding carboxylic acids is 1. The Hall–Kier alpha value is -0.380. The van der Waals surface area contributed by atoms with E-state index >= 15 is 0 Å². The van der Waals surface area contributed by atoms with Gasteiger partial charge in [0.15, 0.2) is 0 Å². The molecule has 1 unspecified atom stereocenters. The highest BCUT2D eigenvalue weighted by Gasteiger charge is 2.11. The van der Waals surface area contributed by atoms with Crippen LogP contribution in [-0.2, 0) is 4.79 Å². The normalized spacial score (nSPS) is 12.9. The zero-order chi connectivity index (χ0) is 8.27. The molecule has 0 fully saturated rings. The molecule has 0 radical (unpaired) electrons. The Morgan fingerprint density at radius 1 is 1.82 bits per heavy atom. The van der Waals surface area contributed by atoms with Crippen molar-refractivity contribution in [3.05, 3.63) is 21.3 Å². The summed E-state index contributed by atoms with van der Waals surface area (Å²) < 4.78 is 0. The van der Waals surface area contributed by atoms with Crippen LogP contribution in [0.15, 0.2) is 11.4 Å². The molecule has 0 aliphatic carbocycles. The van der Waals surface area contributed by atoms with Gasteiger partial charge in [0, 0.05) is 6.42 Å². The molecule has 4 heteroatoms. The molecule has 1 N–H and O–H groups in total. The Bertz CT molecular complexity index is 246. The summed E-state index contributed by atoms with van der Waals surface area (Å²) in [5.41, 5.74) is 0. The molecule has 1 heterocycles. The fraction of sp³-hybridized carbons (Fsp3) is 0.286. The summed E-state index contributed by atoms with van der Waals surface area (Å²) in [6, 6.07) is 1.70. The van der Waals surface area contributed by atoms with E-state index in [-0.39, 0.29) is 6.42 Å². The van der Waals surface area contributed by atoms with Gasteiger partial charge in [-0.2, -0.15) is 0 Å². The van der Waals surface area contributed by atoms with Gasteiger partial charge in [0.1, 0.15) is 6.29 Å². The van der Waals surface area contributed by atoms with Gasteiger partial charge in [0.25, 0.3) is 0 Å². The summed E-state index contributed by atoms with van der Waals surface area (Å²) >= 11 is 7.06. The average Bonchev–Trinajstić information content (AvgIpc) is 2.36. The Kier molecular flexibility index (Phi) is 3.05. The van der Waals surface area contributed by atoms with Crippen molar-refractivity contribution in [2.45, 2.75) is 12.5 Å². The maximum Gasteiger partial charge on any atom is 0.122 e. The fourth-order valence-corrected chi connectivity index (χ4v) is 1.92. The van der Waals surface area contributed by atoms with Crippen molar-refractivity contribution in [3.8, 4) is 0 Å². The molecule has 60 valence electrons. The summed E-state index contributed by atoms with van der Waals surface area (Å²) in [7, 11) is 0. The van der Waals surface area contributed by atoms with Gasteiger partial charge in [-0.05, 0) is 11.4 Å². The maximum absolute atomic E-state index is 10.0. The second-order valence-electron chi connectivity index (χ2n) is 2.05. The van der Waals surface area contributed by atoms with E-state index in [1.54, 1.807) is 11.4 Å². The van der Waals surface area contributed by atoms with E-state index in [1.165, 1.54) is 11.3 Å². The first-order valence-corrected chi connectivity index (χ1v) is 4.36. The molecular weight excluding hydrogens is 184 g/mol. The standard InChI is InChI=1S/C7H7ClO2S/c8-5-2-4-11-7(5)6(10)1-3-9/h2-4,6,10H,1H2. The summed E-state index contributed by atoms with van der Waals surface area (Å²) in [6.07, 6.45) is 0.0565. The Morgan fingerprint density at radius 2 is 2.55 bits per heavy atom. The molecule has 0 aliphatic heterocycles. The van der Waals surface area contributed by atoms with Crippen LogP contribution in [0.25, 0.3) is 0 Å². The topological polar surface area (TPSA) is 37.3 Å². The lowest BCUT2D eigenvalue weighted by Crippen LogP contribution is -1.94. The number of carbonyl (C=O) groups is 1. The largest absolute Gasteiger partial charge is 0.387 e. The highest BCUT2D eigenvalue weighted by molar-refractivity contribution is 7.10. The number of thiophene rings is 1. The minimum absolute atomic E-state index is 0.111. The monoisotopic (exact) mass is 190 g/mol. The zero-order valence-electron chi connectivity index (χ0n) is 5.66. The molecule has 1 aromatic rings. The number of hydrogen-bond donors (Lipinski definition) is 1. The van der Waals surface area contributed by atoms with Crippen molar-refractivity contribution in [1.29, 1.82) is 0 Å². The molecule has 0 saturated carbocycles. The highest BCUT2D eigenvalue weighted by Crippen LogP contribution is 2.29. The summed E-state index contributed by atoms with van der Waals surface area (Å²) in [6.45, 7) is 0. The molecule has 2 nitrogen and oxygen atoms in total. The molecule has 0 aromatic carbocycles. The van der Waals surface area contributed by atoms with Gasteiger partial charge < -0.3 is 9.90 Å². The number of rotatable bonds is 3. The first-order valence-electron chi connectivity index (χ1n) is 3.10. The van der Waals surface area contributed by atoms with E-state index in [1.807, 2.05) is 0 Å². The van der Waals surface area contributed by atoms with Crippen molar-refractivity contribution in [2.24, 2.45) is 0 Å². The first-order chi connectivity index (χ1) is 5.25. The molecule has 0 aliphatic rings. The van der Waals surface area contributed by atoms with E-state index in [9.17, 15) is 9.90 Å². The predicted octanol–water partition coefficient (Wildman–Crippen LogP) is 2.02. The van der Waals surface area contributed by atoms with Crippen LogP contribution >= 0.6 is 22.9 Å². The van der Waals surface area contributed by atoms with Crippen molar-refractivity contribution in [1.82, 2.24) is 0 Å². The van der Waals surface area contributed by atoms with Gasteiger partial charge >= 0.3 is 0 Å². The molecule has 0 amide bonds. The molecule has 11 heavy (non-hydrogen) atoms. The second kappa shape index (κ2) is 3.85. The second-order valence-corrected chi connectivity index (χ2v) is 3.41. The van der Waals surface area contributed by atoms with Crippen molar-refractivity contribution in [3.63, 3.8) is 0 Å². The Labute approximate surface area is 73.4 Å². The van der Waals surface area contributed by atoms with E-state index in [2.05, 4.69) is 0 Å². The third-order valence-electron chi connectivity index (χ3n) is 1.27. The fourth-order valence-electron chi connectivity index (χ4n) is 0.741. The lowest BCUT2D eigenvalue weighted by Gasteiger charge is -2.02. The third kappa shape index (κ3) is 2.02. The number of halogens is 1. The van der Waals surface area contributed by atoms with E-state index in [4.69, 9.17) is 11.6 Å². The molecular formula is C7H7ClO2S. The van der Waals surface area contributed by atoms with Gasteiger partial charge in [-0.15, -0.1) is 11.3 Å². The van der Waals surface area contributed by atoms with Crippen molar-refractivity contribution < 1.29 is 9.90 Å². The third-order valence-corrected chi connectivity index (χ3v) is 2.73. The number of aliphatic hydroxyl groups is 1. The van der Waals surface area contributed by atoms with Crippen LogP contribution in [0, 0.1) is 0 Å². The van der Waals surface area contributed by atoms with Crippen LogP contribution in [0.2, 0.25) is 5.02 Å². The predicted molar refractivity (Wildman–Crippen MR) is 45.0 cm³/mol. The smallest absolute Gasteiger partial charge is 0.122 e. The van der Waals surface area contributed by atoms with Crippen LogP contribution in [0.4, 0.5) is 0 Å². The van der Waals surface area contributed by atoms with Gasteiger partial charge in [0.05, 0.1) is 16.0 Å². The lowest BCUT2D eigenvalue weighted by molar-refractivity contribution is -0.109. The Morgan fingerprint density at radius 3 is 3.00 bits per heavy atom. The lowest BCUT2D eigenvalue weighted by atomic mass is 10.2. The summed E-state index contributed by atoms with van der Waals surface area (Å²) in [4.78, 5) is 10.7. The first kappa shape index (κ1) is 8.71. The van der Waals surface area contributed by atoms with Crippen LogP contribution in [-0.4, -0.2) is 11.4 Å². The molecule has 0 spiro atoms. The molecule has 1 aromatic heterocycles. The zero-order valence-corrected chi connectivity index (χ0v) is 7.23. The van der Waals surface area contributed by atoms with Gasteiger partial charge in [-0.3, -0.25) is 0 Å². The molecule has 1 rings (SSSR count). The SMILES string of the molecule is O=CCC(O)c1sccc1Cl. The highest BCUT2D eigenvalue weighted by atomic mass is 35.5. The number of aliphatic hydroxyl groups excluding tert-OH is 1. The van der Waals surface area contributed by atoms with E-state index in [0.717, 1.165) is 0 Å². The quantitative estimate of drug-likeness (QED) is 0.741. The van der Waals surface area contributed by atoms with Crippen LogP contribution in [0.1, 0.15) is 17.4 Å². The van der Waals surface area contributed by atoms with E-state index < -0.39 is 6.10 Å². The summed E-state index contributed by atoms with van der Waals surface area (Å²) in [5, 5.41) is 11.6. The Balaban J connectivity index is 2.74. The summed E-state index contributed by atoms with van der Waals surface area (Å²) in [5.74, 6) is 0. The van der Waals surface area contributed by atoms with Crippen LogP contribution in [0.5, 0.6) is 0 Å². The maximum atomic E-state index is 10.0. The van der Waals surface area contributed by atoms with Crippen molar-refractivity contribution in [2.75, 3.05) is 0 Å². The molecule has 0 bridgehead atoms.